The van der Waals surface area contributed by atoms with Crippen molar-refractivity contribution in [2.45, 2.75) is 12.8 Å². The third kappa shape index (κ3) is 3.09. The molecule has 0 atom stereocenters. The van der Waals surface area contributed by atoms with Crippen LogP contribution in [0.2, 0.25) is 0 Å². The fourth-order valence-corrected chi connectivity index (χ4v) is 3.03. The zero-order chi connectivity index (χ0) is 15.7. The van der Waals surface area contributed by atoms with Gasteiger partial charge in [0.05, 0.1) is 6.42 Å². The molecule has 4 nitrogen and oxygen atoms in total. The number of fused-ring (bicyclic) bond motifs is 1. The maximum Gasteiger partial charge on any atom is 0.228 e. The Labute approximate surface area is 137 Å². The molecular formula is C17H17BrN2O2. The summed E-state index contributed by atoms with van der Waals surface area (Å²) in [7, 11) is 2.05. The summed E-state index contributed by atoms with van der Waals surface area (Å²) in [6.07, 6.45) is 1.19. The van der Waals surface area contributed by atoms with Gasteiger partial charge in [0.1, 0.15) is 5.75 Å². The molecule has 0 saturated carbocycles. The molecule has 5 heteroatoms. The number of rotatable bonds is 3. The zero-order valence-corrected chi connectivity index (χ0v) is 13.9. The highest BCUT2D eigenvalue weighted by Gasteiger charge is 2.16. The minimum atomic E-state index is -0.141. The van der Waals surface area contributed by atoms with Gasteiger partial charge in [-0.05, 0) is 36.2 Å². The van der Waals surface area contributed by atoms with Crippen molar-refractivity contribution in [1.29, 1.82) is 0 Å². The maximum absolute atomic E-state index is 12.2. The van der Waals surface area contributed by atoms with E-state index >= 15 is 0 Å². The van der Waals surface area contributed by atoms with E-state index in [-0.39, 0.29) is 18.1 Å². The number of carbonyl (C=O) groups is 1. The molecule has 0 spiro atoms. The first-order valence-corrected chi connectivity index (χ1v) is 7.93. The van der Waals surface area contributed by atoms with Crippen LogP contribution in [-0.2, 0) is 17.6 Å². The lowest BCUT2D eigenvalue weighted by Gasteiger charge is -2.13. The SMILES string of the molecule is CN1CCc2ccc(NC(=O)Cc3ccc(Br)cc3O)cc21. The standard InChI is InChI=1S/C17H17BrN2O2/c1-20-7-6-11-3-5-14(10-15(11)20)19-17(22)8-12-2-4-13(18)9-16(12)21/h2-5,9-10,21H,6-8H2,1H3,(H,19,22). The van der Waals surface area contributed by atoms with Gasteiger partial charge in [0, 0.05) is 35.0 Å². The van der Waals surface area contributed by atoms with Crippen molar-refractivity contribution in [3.63, 3.8) is 0 Å². The predicted molar refractivity (Wildman–Crippen MR) is 91.6 cm³/mol. The summed E-state index contributed by atoms with van der Waals surface area (Å²) in [5.41, 5.74) is 3.88. The van der Waals surface area contributed by atoms with Crippen LogP contribution in [0.4, 0.5) is 11.4 Å². The summed E-state index contributed by atoms with van der Waals surface area (Å²) in [5.74, 6) is -0.0172. The number of likely N-dealkylation sites (N-methyl/N-ethyl adjacent to an activating group) is 1. The van der Waals surface area contributed by atoms with Crippen molar-refractivity contribution >= 4 is 33.2 Å². The smallest absolute Gasteiger partial charge is 0.228 e. The highest BCUT2D eigenvalue weighted by molar-refractivity contribution is 9.10. The van der Waals surface area contributed by atoms with Gasteiger partial charge in [-0.25, -0.2) is 0 Å². The summed E-state index contributed by atoms with van der Waals surface area (Å²) < 4.78 is 0.788. The third-order valence-electron chi connectivity index (χ3n) is 3.90. The topological polar surface area (TPSA) is 52.6 Å². The van der Waals surface area contributed by atoms with Crippen molar-refractivity contribution < 1.29 is 9.90 Å². The molecule has 1 heterocycles. The van der Waals surface area contributed by atoms with Gasteiger partial charge in [-0.1, -0.05) is 28.1 Å². The zero-order valence-electron chi connectivity index (χ0n) is 12.3. The number of phenolic OH excluding ortho intramolecular Hbond substituents is 1. The van der Waals surface area contributed by atoms with Crippen LogP contribution >= 0.6 is 15.9 Å². The van der Waals surface area contributed by atoms with Crippen LogP contribution in [0.1, 0.15) is 11.1 Å². The number of aromatic hydroxyl groups is 1. The second kappa shape index (κ2) is 6.01. The van der Waals surface area contributed by atoms with Crippen LogP contribution in [0.3, 0.4) is 0 Å². The van der Waals surface area contributed by atoms with Crippen LogP contribution < -0.4 is 10.2 Å². The molecule has 0 bridgehead atoms. The van der Waals surface area contributed by atoms with E-state index < -0.39 is 0 Å². The average molecular weight is 361 g/mol. The van der Waals surface area contributed by atoms with Gasteiger partial charge < -0.3 is 15.3 Å². The molecule has 22 heavy (non-hydrogen) atoms. The lowest BCUT2D eigenvalue weighted by molar-refractivity contribution is -0.115. The first-order valence-electron chi connectivity index (χ1n) is 7.14. The number of anilines is 2. The van der Waals surface area contributed by atoms with E-state index in [1.165, 1.54) is 11.3 Å². The van der Waals surface area contributed by atoms with E-state index in [1.807, 2.05) is 18.2 Å². The van der Waals surface area contributed by atoms with E-state index in [1.54, 1.807) is 12.1 Å². The van der Waals surface area contributed by atoms with E-state index in [4.69, 9.17) is 0 Å². The van der Waals surface area contributed by atoms with Crippen molar-refractivity contribution in [2.75, 3.05) is 23.8 Å². The molecule has 3 rings (SSSR count). The minimum Gasteiger partial charge on any atom is -0.508 e. The Morgan fingerprint density at radius 1 is 1.32 bits per heavy atom. The molecule has 0 aromatic heterocycles. The fraction of sp³-hybridized carbons (Fsp3) is 0.235. The Balaban J connectivity index is 1.71. The van der Waals surface area contributed by atoms with E-state index in [9.17, 15) is 9.90 Å². The van der Waals surface area contributed by atoms with Gasteiger partial charge in [0.15, 0.2) is 0 Å². The molecule has 0 aliphatic carbocycles. The highest BCUT2D eigenvalue weighted by atomic mass is 79.9. The second-order valence-electron chi connectivity index (χ2n) is 5.51. The first-order chi connectivity index (χ1) is 10.5. The van der Waals surface area contributed by atoms with Crippen LogP contribution in [0.5, 0.6) is 5.75 Å². The van der Waals surface area contributed by atoms with E-state index in [0.717, 1.165) is 23.1 Å². The van der Waals surface area contributed by atoms with Crippen molar-refractivity contribution in [3.8, 4) is 5.75 Å². The molecule has 0 fully saturated rings. The van der Waals surface area contributed by atoms with Gasteiger partial charge in [-0.3, -0.25) is 4.79 Å². The lowest BCUT2D eigenvalue weighted by atomic mass is 10.1. The normalized spacial score (nSPS) is 13.1. The number of halogens is 1. The quantitative estimate of drug-likeness (QED) is 0.882. The molecule has 0 radical (unpaired) electrons. The summed E-state index contributed by atoms with van der Waals surface area (Å²) in [6.45, 7) is 1.01. The lowest BCUT2D eigenvalue weighted by Crippen LogP contribution is -2.15. The summed E-state index contributed by atoms with van der Waals surface area (Å²) in [4.78, 5) is 14.3. The predicted octanol–water partition coefficient (Wildman–Crippen LogP) is 3.33. The van der Waals surface area contributed by atoms with Crippen molar-refractivity contribution in [1.82, 2.24) is 0 Å². The highest BCUT2D eigenvalue weighted by Crippen LogP contribution is 2.29. The number of carbonyl (C=O) groups excluding carboxylic acids is 1. The van der Waals surface area contributed by atoms with E-state index in [2.05, 4.69) is 39.3 Å². The molecular weight excluding hydrogens is 344 g/mol. The van der Waals surface area contributed by atoms with Crippen molar-refractivity contribution in [2.24, 2.45) is 0 Å². The fourth-order valence-electron chi connectivity index (χ4n) is 2.68. The van der Waals surface area contributed by atoms with Gasteiger partial charge in [0.25, 0.3) is 0 Å². The molecule has 0 unspecified atom stereocenters. The number of hydrogen-bond acceptors (Lipinski definition) is 3. The molecule has 1 amide bonds. The Morgan fingerprint density at radius 2 is 2.14 bits per heavy atom. The second-order valence-corrected chi connectivity index (χ2v) is 6.43. The Kier molecular flexibility index (Phi) is 4.07. The number of benzene rings is 2. The van der Waals surface area contributed by atoms with Crippen LogP contribution in [0, 0.1) is 0 Å². The van der Waals surface area contributed by atoms with Gasteiger partial charge in [0.2, 0.25) is 5.91 Å². The molecule has 114 valence electrons. The van der Waals surface area contributed by atoms with Crippen LogP contribution in [-0.4, -0.2) is 24.6 Å². The number of amides is 1. The molecule has 1 aliphatic heterocycles. The monoisotopic (exact) mass is 360 g/mol. The van der Waals surface area contributed by atoms with Gasteiger partial charge in [-0.2, -0.15) is 0 Å². The van der Waals surface area contributed by atoms with Gasteiger partial charge >= 0.3 is 0 Å². The summed E-state index contributed by atoms with van der Waals surface area (Å²) >= 11 is 3.29. The first kappa shape index (κ1) is 14.9. The minimum absolute atomic E-state index is 0.123. The number of phenols is 1. The average Bonchev–Trinajstić information content (AvgIpc) is 2.83. The number of nitrogens with zero attached hydrogens (tertiary/aromatic N) is 1. The van der Waals surface area contributed by atoms with E-state index in [0.29, 0.717) is 5.56 Å². The molecule has 2 aromatic rings. The summed E-state index contributed by atoms with van der Waals surface area (Å²) in [5, 5.41) is 12.7. The van der Waals surface area contributed by atoms with Crippen LogP contribution in [0.25, 0.3) is 0 Å². The third-order valence-corrected chi connectivity index (χ3v) is 4.39. The Bertz CT molecular complexity index is 731. The molecule has 1 aliphatic rings. The van der Waals surface area contributed by atoms with Crippen molar-refractivity contribution in [3.05, 3.63) is 52.0 Å². The Hall–Kier alpha value is -2.01. The van der Waals surface area contributed by atoms with Gasteiger partial charge in [-0.15, -0.1) is 0 Å². The molecule has 2 N–H and O–H groups in total. The number of nitrogens with one attached hydrogen (secondary N) is 1. The molecule has 0 saturated heterocycles. The maximum atomic E-state index is 12.2. The number of hydrogen-bond donors (Lipinski definition) is 2. The molecule has 2 aromatic carbocycles. The summed E-state index contributed by atoms with van der Waals surface area (Å²) in [6, 6.07) is 11.1. The largest absolute Gasteiger partial charge is 0.508 e. The Morgan fingerprint density at radius 3 is 2.91 bits per heavy atom. The van der Waals surface area contributed by atoms with Crippen LogP contribution in [0.15, 0.2) is 40.9 Å².